The summed E-state index contributed by atoms with van der Waals surface area (Å²) >= 11 is -1.91. The number of ketones is 1. The average Bonchev–Trinajstić information content (AvgIpc) is 3.14. The molecule has 3 aromatic rings. The number of fused-ring (bicyclic) bond motifs is 1. The first-order valence-corrected chi connectivity index (χ1v) is 11.8. The van der Waals surface area contributed by atoms with Gasteiger partial charge in [-0.05, 0) is 74.7 Å². The van der Waals surface area contributed by atoms with E-state index in [4.69, 9.17) is 0 Å². The SMILES string of the molecule is CC(=O)c1cc2c(cc1C)=NC(c1cc(O)ccc1C(=O)O)([S+]([O-])Cc1ncc(C)cc1C)N=2. The number of nitrogens with zero attached hydrogens (tertiary/aromatic N) is 3. The van der Waals surface area contributed by atoms with Crippen molar-refractivity contribution in [2.24, 2.45) is 9.98 Å². The lowest BCUT2D eigenvalue weighted by atomic mass is 10.0. The molecule has 1 aliphatic rings. The van der Waals surface area contributed by atoms with E-state index in [1.54, 1.807) is 25.3 Å². The van der Waals surface area contributed by atoms with Crippen LogP contribution >= 0.6 is 0 Å². The molecule has 2 atom stereocenters. The molecule has 8 nitrogen and oxygen atoms in total. The van der Waals surface area contributed by atoms with E-state index in [1.165, 1.54) is 25.1 Å². The number of aromatic carboxylic acids is 1. The van der Waals surface area contributed by atoms with Gasteiger partial charge in [-0.15, -0.1) is 0 Å². The van der Waals surface area contributed by atoms with E-state index in [-0.39, 0.29) is 28.4 Å². The standard InChI is InChI=1S/C25H23N3O5S/c1-13-7-15(3)23(26-11-13)12-34(33)25(20-9-17(30)5-6-18(20)24(31)32)27-21-8-14(2)19(16(4)29)10-22(21)28-25/h5-11,30H,12H2,1-4H3,(H,31,32). The highest BCUT2D eigenvalue weighted by atomic mass is 32.2. The number of phenols is 1. The van der Waals surface area contributed by atoms with E-state index in [1.807, 2.05) is 19.9 Å². The third-order valence-electron chi connectivity index (χ3n) is 5.74. The van der Waals surface area contributed by atoms with Crippen LogP contribution in [-0.2, 0) is 21.9 Å². The molecule has 2 aromatic carbocycles. The molecule has 0 aliphatic carbocycles. The summed E-state index contributed by atoms with van der Waals surface area (Å²) in [6.07, 6.45) is 1.67. The van der Waals surface area contributed by atoms with Crippen molar-refractivity contribution in [2.45, 2.75) is 38.4 Å². The maximum atomic E-state index is 14.0. The molecule has 0 saturated heterocycles. The van der Waals surface area contributed by atoms with Gasteiger partial charge < -0.3 is 14.8 Å². The first-order valence-electron chi connectivity index (χ1n) is 10.5. The van der Waals surface area contributed by atoms with E-state index in [0.717, 1.165) is 11.1 Å². The number of aryl methyl sites for hydroxylation is 3. The molecule has 0 amide bonds. The first-order chi connectivity index (χ1) is 16.0. The highest BCUT2D eigenvalue weighted by molar-refractivity contribution is 7.91. The monoisotopic (exact) mass is 477 g/mol. The molecule has 34 heavy (non-hydrogen) atoms. The Labute approximate surface area is 198 Å². The van der Waals surface area contributed by atoms with Crippen LogP contribution in [0.3, 0.4) is 0 Å². The first kappa shape index (κ1) is 23.6. The molecule has 9 heteroatoms. The number of aromatic nitrogens is 1. The van der Waals surface area contributed by atoms with Crippen molar-refractivity contribution >= 4 is 22.9 Å². The van der Waals surface area contributed by atoms with E-state index < -0.39 is 22.1 Å². The molecule has 2 unspecified atom stereocenters. The third-order valence-corrected chi connectivity index (χ3v) is 7.31. The second-order valence-corrected chi connectivity index (χ2v) is 9.89. The number of benzene rings is 2. The van der Waals surface area contributed by atoms with Crippen molar-refractivity contribution < 1.29 is 24.4 Å². The van der Waals surface area contributed by atoms with E-state index >= 15 is 0 Å². The van der Waals surface area contributed by atoms with Crippen LogP contribution in [-0.4, -0.2) is 31.5 Å². The number of pyridine rings is 1. The van der Waals surface area contributed by atoms with Crippen LogP contribution < -0.4 is 10.7 Å². The molecule has 0 spiro atoms. The predicted octanol–water partition coefficient (Wildman–Crippen LogP) is 2.63. The fourth-order valence-corrected chi connectivity index (χ4v) is 5.61. The summed E-state index contributed by atoms with van der Waals surface area (Å²) < 4.78 is 14.0. The van der Waals surface area contributed by atoms with Gasteiger partial charge in [0.2, 0.25) is 0 Å². The second-order valence-electron chi connectivity index (χ2n) is 8.35. The number of aromatic hydroxyl groups is 1. The fourth-order valence-electron chi connectivity index (χ4n) is 4.04. The highest BCUT2D eigenvalue weighted by Crippen LogP contribution is 2.40. The minimum Gasteiger partial charge on any atom is -0.612 e. The summed E-state index contributed by atoms with van der Waals surface area (Å²) in [4.78, 5) is 36.0. The summed E-state index contributed by atoms with van der Waals surface area (Å²) in [5.41, 5.74) is 3.31. The minimum absolute atomic E-state index is 0.00123. The Balaban J connectivity index is 1.98. The molecule has 0 radical (unpaired) electrons. The van der Waals surface area contributed by atoms with Crippen molar-refractivity contribution in [3.05, 3.63) is 92.4 Å². The Morgan fingerprint density at radius 2 is 1.68 bits per heavy atom. The molecule has 2 heterocycles. The third kappa shape index (κ3) is 4.08. The Morgan fingerprint density at radius 1 is 1.00 bits per heavy atom. The van der Waals surface area contributed by atoms with Gasteiger partial charge in [-0.25, -0.2) is 14.8 Å². The maximum absolute atomic E-state index is 14.0. The van der Waals surface area contributed by atoms with Gasteiger partial charge in [-0.2, -0.15) is 0 Å². The minimum atomic E-state index is -1.91. The molecular formula is C25H23N3O5S. The largest absolute Gasteiger partial charge is 0.612 e. The van der Waals surface area contributed by atoms with Crippen LogP contribution in [0.1, 0.15) is 55.6 Å². The van der Waals surface area contributed by atoms with Crippen molar-refractivity contribution in [3.8, 4) is 5.75 Å². The van der Waals surface area contributed by atoms with E-state index in [9.17, 15) is 24.4 Å². The van der Waals surface area contributed by atoms with Crippen LogP contribution in [0.2, 0.25) is 0 Å². The average molecular weight is 478 g/mol. The van der Waals surface area contributed by atoms with Crippen LogP contribution in [0.5, 0.6) is 5.75 Å². The molecule has 2 N–H and O–H groups in total. The van der Waals surface area contributed by atoms with Crippen molar-refractivity contribution in [1.29, 1.82) is 0 Å². The molecule has 4 rings (SSSR count). The second kappa shape index (κ2) is 8.66. The predicted molar refractivity (Wildman–Crippen MR) is 126 cm³/mol. The Morgan fingerprint density at radius 3 is 2.29 bits per heavy atom. The Bertz CT molecular complexity index is 1470. The maximum Gasteiger partial charge on any atom is 0.340 e. The number of carboxylic acid groups (broad SMARTS) is 1. The number of hydrogen-bond donors (Lipinski definition) is 2. The van der Waals surface area contributed by atoms with Gasteiger partial charge in [-0.1, -0.05) is 6.07 Å². The van der Waals surface area contributed by atoms with Crippen LogP contribution in [0.25, 0.3) is 0 Å². The molecule has 0 bridgehead atoms. The lowest BCUT2D eigenvalue weighted by Gasteiger charge is -2.28. The number of hydrogen-bond acceptors (Lipinski definition) is 7. The van der Waals surface area contributed by atoms with Crippen molar-refractivity contribution in [1.82, 2.24) is 4.98 Å². The smallest absolute Gasteiger partial charge is 0.340 e. The van der Waals surface area contributed by atoms with Crippen LogP contribution in [0.4, 0.5) is 0 Å². The number of phenolic OH excluding ortho intramolecular Hbond substituents is 1. The van der Waals surface area contributed by atoms with Crippen LogP contribution in [0.15, 0.2) is 52.6 Å². The van der Waals surface area contributed by atoms with Gasteiger partial charge in [-0.3, -0.25) is 9.78 Å². The summed E-state index contributed by atoms with van der Waals surface area (Å²) in [5.74, 6) is -1.67. The summed E-state index contributed by atoms with van der Waals surface area (Å²) in [7, 11) is 0. The van der Waals surface area contributed by atoms with Gasteiger partial charge in [0.15, 0.2) is 11.5 Å². The van der Waals surface area contributed by atoms with Gasteiger partial charge >= 0.3 is 11.0 Å². The Hall–Kier alpha value is -3.56. The Kier molecular flexibility index (Phi) is 6.01. The summed E-state index contributed by atoms with van der Waals surface area (Å²) in [6, 6.07) is 8.88. The number of carbonyl (C=O) groups excluding carboxylic acids is 1. The van der Waals surface area contributed by atoms with Gasteiger partial charge in [0, 0.05) is 22.9 Å². The van der Waals surface area contributed by atoms with E-state index in [0.29, 0.717) is 27.5 Å². The number of Topliss-reactive ketones (excluding diaryl/α,β-unsaturated/α-hetero) is 1. The molecule has 1 aromatic heterocycles. The molecule has 0 saturated carbocycles. The molecule has 1 aliphatic heterocycles. The number of carbonyl (C=O) groups is 2. The quantitative estimate of drug-likeness (QED) is 0.414. The summed E-state index contributed by atoms with van der Waals surface area (Å²) in [6.45, 7) is 6.97. The fraction of sp³-hybridized carbons (Fsp3) is 0.240. The zero-order valence-electron chi connectivity index (χ0n) is 19.1. The highest BCUT2D eigenvalue weighted by Gasteiger charge is 2.49. The lowest BCUT2D eigenvalue weighted by Crippen LogP contribution is -2.35. The molecular weight excluding hydrogens is 454 g/mol. The van der Waals surface area contributed by atoms with E-state index in [2.05, 4.69) is 15.0 Å². The summed E-state index contributed by atoms with van der Waals surface area (Å²) in [5, 5.41) is 20.7. The zero-order valence-corrected chi connectivity index (χ0v) is 19.9. The molecule has 0 fully saturated rings. The van der Waals surface area contributed by atoms with Gasteiger partial charge in [0.1, 0.15) is 5.75 Å². The zero-order chi connectivity index (χ0) is 24.8. The topological polar surface area (TPSA) is 135 Å². The van der Waals surface area contributed by atoms with Gasteiger partial charge in [0.25, 0.3) is 0 Å². The van der Waals surface area contributed by atoms with Crippen LogP contribution in [0, 0.1) is 20.8 Å². The van der Waals surface area contributed by atoms with Crippen molar-refractivity contribution in [3.63, 3.8) is 0 Å². The normalized spacial score (nSPS) is 17.4. The number of carboxylic acids is 1. The van der Waals surface area contributed by atoms with Gasteiger partial charge in [0.05, 0.1) is 27.5 Å². The molecule has 174 valence electrons. The number of rotatable bonds is 6. The van der Waals surface area contributed by atoms with Crippen molar-refractivity contribution in [2.75, 3.05) is 0 Å². The lowest BCUT2D eigenvalue weighted by molar-refractivity contribution is 0.0694.